The van der Waals surface area contributed by atoms with Gasteiger partial charge in [0.25, 0.3) is 0 Å². The maximum absolute atomic E-state index is 4.48. The Morgan fingerprint density at radius 2 is 2.12 bits per heavy atom. The first-order valence-electron chi connectivity index (χ1n) is 8.90. The van der Waals surface area contributed by atoms with Crippen molar-refractivity contribution >= 4 is 5.82 Å². The van der Waals surface area contributed by atoms with Crippen LogP contribution in [0, 0.1) is 0 Å². The summed E-state index contributed by atoms with van der Waals surface area (Å²) in [7, 11) is 3.95. The number of nitrogens with zero attached hydrogens (tertiary/aromatic N) is 6. The van der Waals surface area contributed by atoms with Crippen LogP contribution in [0.15, 0.2) is 42.9 Å². The van der Waals surface area contributed by atoms with Crippen LogP contribution in [-0.4, -0.2) is 50.9 Å². The molecule has 0 radical (unpaired) electrons. The van der Waals surface area contributed by atoms with Gasteiger partial charge in [-0.3, -0.25) is 15.0 Å². The van der Waals surface area contributed by atoms with Crippen molar-refractivity contribution in [3.63, 3.8) is 0 Å². The fraction of sp³-hybridized carbons (Fsp3) is 0.368. The zero-order chi connectivity index (χ0) is 17.9. The van der Waals surface area contributed by atoms with Crippen molar-refractivity contribution in [1.82, 2.24) is 30.3 Å². The van der Waals surface area contributed by atoms with E-state index in [9.17, 15) is 0 Å². The lowest BCUT2D eigenvalue weighted by Gasteiger charge is -2.24. The summed E-state index contributed by atoms with van der Waals surface area (Å²) in [5.41, 5.74) is 4.32. The van der Waals surface area contributed by atoms with Crippen LogP contribution >= 0.6 is 0 Å². The minimum Gasteiger partial charge on any atom is -0.361 e. The van der Waals surface area contributed by atoms with Crippen molar-refractivity contribution in [2.75, 3.05) is 25.5 Å². The smallest absolute Gasteiger partial charge is 0.150 e. The van der Waals surface area contributed by atoms with Gasteiger partial charge >= 0.3 is 0 Å². The van der Waals surface area contributed by atoms with Crippen molar-refractivity contribution in [3.8, 4) is 11.3 Å². The predicted molar refractivity (Wildman–Crippen MR) is 101 cm³/mol. The van der Waals surface area contributed by atoms with E-state index in [4.69, 9.17) is 0 Å². The van der Waals surface area contributed by atoms with E-state index < -0.39 is 0 Å². The lowest BCUT2D eigenvalue weighted by atomic mass is 10.1. The summed E-state index contributed by atoms with van der Waals surface area (Å²) in [5, 5.41) is 16.2. The second kappa shape index (κ2) is 7.21. The number of aromatic nitrogens is 5. The molecule has 1 unspecified atom stereocenters. The highest BCUT2D eigenvalue weighted by atomic mass is 15.3. The highest BCUT2D eigenvalue weighted by molar-refractivity contribution is 5.61. The van der Waals surface area contributed by atoms with E-state index in [1.165, 1.54) is 12.0 Å². The van der Waals surface area contributed by atoms with Crippen LogP contribution in [0.2, 0.25) is 0 Å². The molecule has 1 saturated heterocycles. The summed E-state index contributed by atoms with van der Waals surface area (Å²) >= 11 is 0. The lowest BCUT2D eigenvalue weighted by molar-refractivity contribution is 0.243. The monoisotopic (exact) mass is 349 g/mol. The zero-order valence-electron chi connectivity index (χ0n) is 15.1. The number of H-pyrrole nitrogens is 1. The van der Waals surface area contributed by atoms with Gasteiger partial charge in [0.2, 0.25) is 0 Å². The van der Waals surface area contributed by atoms with Crippen LogP contribution in [0.1, 0.15) is 30.1 Å². The standard InChI is InChI=1S/C19H23N7/c1-25(2)18-8-7-16(22-23-18)17-6-4-10-26(17)13-15-12-21-24-19(15)14-5-3-9-20-11-14/h3,5,7-9,11-12,17H,4,6,10,13H2,1-2H3,(H,21,24). The Labute approximate surface area is 153 Å². The van der Waals surface area contributed by atoms with Gasteiger partial charge in [-0.15, -0.1) is 5.10 Å². The molecule has 0 saturated carbocycles. The van der Waals surface area contributed by atoms with Gasteiger partial charge in [0.1, 0.15) is 0 Å². The molecule has 1 fully saturated rings. The van der Waals surface area contributed by atoms with Gasteiger partial charge in [-0.25, -0.2) is 0 Å². The van der Waals surface area contributed by atoms with E-state index in [1.807, 2.05) is 43.5 Å². The fourth-order valence-electron chi connectivity index (χ4n) is 3.51. The zero-order valence-corrected chi connectivity index (χ0v) is 15.1. The molecule has 4 heterocycles. The predicted octanol–water partition coefficient (Wildman–Crippen LogP) is 2.66. The number of anilines is 1. The van der Waals surface area contributed by atoms with Crippen molar-refractivity contribution in [2.24, 2.45) is 0 Å². The van der Waals surface area contributed by atoms with Crippen LogP contribution in [0.5, 0.6) is 0 Å². The van der Waals surface area contributed by atoms with Crippen LogP contribution in [0.3, 0.4) is 0 Å². The molecule has 0 spiro atoms. The summed E-state index contributed by atoms with van der Waals surface area (Å²) in [6.07, 6.45) is 7.84. The normalized spacial score (nSPS) is 17.5. The van der Waals surface area contributed by atoms with Gasteiger partial charge in [-0.1, -0.05) is 0 Å². The first-order chi connectivity index (χ1) is 12.7. The number of hydrogen-bond acceptors (Lipinski definition) is 6. The van der Waals surface area contributed by atoms with Crippen molar-refractivity contribution in [3.05, 3.63) is 54.1 Å². The summed E-state index contributed by atoms with van der Waals surface area (Å²) < 4.78 is 0. The number of rotatable bonds is 5. The van der Waals surface area contributed by atoms with E-state index in [0.29, 0.717) is 6.04 Å². The molecule has 1 N–H and O–H groups in total. The summed E-state index contributed by atoms with van der Waals surface area (Å²) in [6.45, 7) is 1.89. The molecule has 1 atom stereocenters. The molecule has 3 aromatic heterocycles. The van der Waals surface area contributed by atoms with E-state index >= 15 is 0 Å². The molecular formula is C19H23N7. The molecule has 4 rings (SSSR count). The van der Waals surface area contributed by atoms with Crippen molar-refractivity contribution < 1.29 is 0 Å². The largest absolute Gasteiger partial charge is 0.361 e. The fourth-order valence-corrected chi connectivity index (χ4v) is 3.51. The third-order valence-electron chi connectivity index (χ3n) is 4.88. The Hall–Kier alpha value is -2.80. The van der Waals surface area contributed by atoms with Gasteiger partial charge in [0.15, 0.2) is 5.82 Å². The molecule has 1 aliphatic rings. The number of aromatic amines is 1. The summed E-state index contributed by atoms with van der Waals surface area (Å²) in [6, 6.07) is 8.44. The molecule has 3 aromatic rings. The number of nitrogens with one attached hydrogen (secondary N) is 1. The molecular weight excluding hydrogens is 326 g/mol. The molecule has 7 heteroatoms. The lowest BCUT2D eigenvalue weighted by Crippen LogP contribution is -2.24. The Morgan fingerprint density at radius 1 is 1.19 bits per heavy atom. The quantitative estimate of drug-likeness (QED) is 0.763. The number of pyridine rings is 1. The van der Waals surface area contributed by atoms with E-state index in [2.05, 4.69) is 42.4 Å². The maximum atomic E-state index is 4.48. The van der Waals surface area contributed by atoms with Crippen molar-refractivity contribution in [1.29, 1.82) is 0 Å². The Balaban J connectivity index is 1.54. The average molecular weight is 349 g/mol. The van der Waals surface area contributed by atoms with Gasteiger partial charge < -0.3 is 4.90 Å². The molecule has 0 aromatic carbocycles. The summed E-state index contributed by atoms with van der Waals surface area (Å²) in [5.74, 6) is 0.881. The van der Waals surface area contributed by atoms with Gasteiger partial charge in [0, 0.05) is 44.2 Å². The first-order valence-corrected chi connectivity index (χ1v) is 8.90. The Kier molecular flexibility index (Phi) is 4.62. The van der Waals surface area contributed by atoms with Crippen LogP contribution < -0.4 is 4.90 Å². The minimum atomic E-state index is 0.301. The molecule has 26 heavy (non-hydrogen) atoms. The number of likely N-dealkylation sites (tertiary alicyclic amines) is 1. The molecule has 0 aliphatic carbocycles. The maximum Gasteiger partial charge on any atom is 0.150 e. The molecule has 1 aliphatic heterocycles. The molecule has 0 bridgehead atoms. The summed E-state index contributed by atoms with van der Waals surface area (Å²) in [4.78, 5) is 8.64. The molecule has 0 amide bonds. The topological polar surface area (TPSA) is 73.8 Å². The number of hydrogen-bond donors (Lipinski definition) is 1. The molecule has 134 valence electrons. The SMILES string of the molecule is CN(C)c1ccc(C2CCCN2Cc2cn[nH]c2-c2cccnc2)nn1. The third-order valence-corrected chi connectivity index (χ3v) is 4.88. The van der Waals surface area contributed by atoms with E-state index in [0.717, 1.165) is 42.3 Å². The minimum absolute atomic E-state index is 0.301. The van der Waals surface area contributed by atoms with E-state index in [1.54, 1.807) is 6.20 Å². The average Bonchev–Trinajstić information content (AvgIpc) is 3.32. The third kappa shape index (κ3) is 3.30. The Bertz CT molecular complexity index is 842. The van der Waals surface area contributed by atoms with Gasteiger partial charge in [0.05, 0.1) is 23.6 Å². The first kappa shape index (κ1) is 16.7. The van der Waals surface area contributed by atoms with E-state index in [-0.39, 0.29) is 0 Å². The second-order valence-electron chi connectivity index (χ2n) is 6.85. The van der Waals surface area contributed by atoms with Crippen LogP contribution in [-0.2, 0) is 6.54 Å². The van der Waals surface area contributed by atoms with Gasteiger partial charge in [-0.05, 0) is 43.7 Å². The second-order valence-corrected chi connectivity index (χ2v) is 6.85. The highest BCUT2D eigenvalue weighted by Gasteiger charge is 2.28. The van der Waals surface area contributed by atoms with Crippen molar-refractivity contribution in [2.45, 2.75) is 25.4 Å². The molecule has 7 nitrogen and oxygen atoms in total. The highest BCUT2D eigenvalue weighted by Crippen LogP contribution is 2.33. The Morgan fingerprint density at radius 3 is 2.85 bits per heavy atom. The van der Waals surface area contributed by atoms with Crippen LogP contribution in [0.25, 0.3) is 11.3 Å². The van der Waals surface area contributed by atoms with Gasteiger partial charge in [-0.2, -0.15) is 10.2 Å². The van der Waals surface area contributed by atoms with Crippen LogP contribution in [0.4, 0.5) is 5.82 Å².